The first-order valence-corrected chi connectivity index (χ1v) is 8.22. The molecule has 2 aromatic rings. The van der Waals surface area contributed by atoms with Crippen LogP contribution in [0.15, 0.2) is 36.7 Å². The van der Waals surface area contributed by atoms with E-state index in [1.165, 1.54) is 5.56 Å². The fourth-order valence-corrected chi connectivity index (χ4v) is 3.24. The van der Waals surface area contributed by atoms with Gasteiger partial charge >= 0.3 is 6.03 Å². The van der Waals surface area contributed by atoms with Crippen LogP contribution in [0.3, 0.4) is 0 Å². The van der Waals surface area contributed by atoms with Crippen LogP contribution in [0, 0.1) is 5.92 Å². The fraction of sp³-hybridized carbons (Fsp3) is 0.412. The minimum atomic E-state index is -0.00124. The number of benzene rings is 1. The first-order chi connectivity index (χ1) is 11.1. The van der Waals surface area contributed by atoms with E-state index in [0.29, 0.717) is 17.5 Å². The summed E-state index contributed by atoms with van der Waals surface area (Å²) in [6.07, 6.45) is 5.97. The summed E-state index contributed by atoms with van der Waals surface area (Å²) in [5, 5.41) is 7.85. The van der Waals surface area contributed by atoms with Crippen LogP contribution >= 0.6 is 11.6 Å². The number of urea groups is 1. The maximum absolute atomic E-state index is 12.3. The lowest BCUT2D eigenvalue weighted by Crippen LogP contribution is -2.38. The Hall–Kier alpha value is -2.01. The number of aromatic nitrogens is 2. The monoisotopic (exact) mass is 332 g/mol. The van der Waals surface area contributed by atoms with Crippen molar-refractivity contribution in [2.75, 3.05) is 13.1 Å². The van der Waals surface area contributed by atoms with Gasteiger partial charge in [0.2, 0.25) is 0 Å². The normalized spacial score (nSPS) is 17.5. The number of amides is 2. The zero-order chi connectivity index (χ0) is 16.2. The van der Waals surface area contributed by atoms with Gasteiger partial charge in [0, 0.05) is 37.9 Å². The summed E-state index contributed by atoms with van der Waals surface area (Å²) >= 11 is 5.96. The maximum atomic E-state index is 12.3. The fourth-order valence-electron chi connectivity index (χ4n) is 3.03. The van der Waals surface area contributed by atoms with E-state index >= 15 is 0 Å². The molecule has 0 radical (unpaired) electrons. The Bertz CT molecular complexity index is 685. The number of halogens is 1. The number of rotatable bonds is 4. The molecule has 2 heterocycles. The van der Waals surface area contributed by atoms with Gasteiger partial charge in [-0.15, -0.1) is 0 Å². The van der Waals surface area contributed by atoms with E-state index in [9.17, 15) is 4.79 Å². The van der Waals surface area contributed by atoms with Gasteiger partial charge in [-0.3, -0.25) is 4.68 Å². The summed E-state index contributed by atoms with van der Waals surface area (Å²) < 4.78 is 1.82. The van der Waals surface area contributed by atoms with Crippen LogP contribution < -0.4 is 5.32 Å². The largest absolute Gasteiger partial charge is 0.334 e. The second-order valence-corrected chi connectivity index (χ2v) is 6.55. The third-order valence-electron chi connectivity index (χ3n) is 4.19. The molecule has 0 saturated carbocycles. The van der Waals surface area contributed by atoms with Gasteiger partial charge in [-0.1, -0.05) is 23.7 Å². The van der Waals surface area contributed by atoms with Gasteiger partial charge in [0.25, 0.3) is 0 Å². The number of nitrogens with zero attached hydrogens (tertiary/aromatic N) is 3. The summed E-state index contributed by atoms with van der Waals surface area (Å²) in [5.74, 6) is 0.510. The maximum Gasteiger partial charge on any atom is 0.317 e. The Labute approximate surface area is 141 Å². The quantitative estimate of drug-likeness (QED) is 0.936. The number of hydrogen-bond donors (Lipinski definition) is 1. The highest BCUT2D eigenvalue weighted by molar-refractivity contribution is 6.30. The van der Waals surface area contributed by atoms with Crippen molar-refractivity contribution < 1.29 is 4.79 Å². The van der Waals surface area contributed by atoms with Crippen molar-refractivity contribution >= 4 is 17.6 Å². The van der Waals surface area contributed by atoms with Crippen molar-refractivity contribution in [3.8, 4) is 0 Å². The standard InChI is InChI=1S/C17H21ClN4O/c1-21-11-15(10-20-21)7-14-5-6-22(12-14)17(23)19-9-13-3-2-4-16(18)8-13/h2-4,8,10-11,14H,5-7,9,12H2,1H3,(H,19,23)/t14-/m1/s1. The van der Waals surface area contributed by atoms with Gasteiger partial charge < -0.3 is 10.2 Å². The van der Waals surface area contributed by atoms with E-state index < -0.39 is 0 Å². The lowest BCUT2D eigenvalue weighted by atomic mass is 10.0. The average molecular weight is 333 g/mol. The van der Waals surface area contributed by atoms with Gasteiger partial charge in [-0.25, -0.2) is 4.79 Å². The van der Waals surface area contributed by atoms with Crippen molar-refractivity contribution in [1.29, 1.82) is 0 Å². The molecule has 1 atom stereocenters. The Morgan fingerprint density at radius 2 is 2.30 bits per heavy atom. The summed E-state index contributed by atoms with van der Waals surface area (Å²) in [7, 11) is 1.92. The molecule has 23 heavy (non-hydrogen) atoms. The molecule has 0 aliphatic carbocycles. The minimum absolute atomic E-state index is 0.00124. The average Bonchev–Trinajstić information content (AvgIpc) is 3.15. The van der Waals surface area contributed by atoms with Crippen molar-refractivity contribution in [3.05, 3.63) is 52.8 Å². The molecule has 5 nitrogen and oxygen atoms in total. The molecule has 1 saturated heterocycles. The molecule has 1 aliphatic heterocycles. The van der Waals surface area contributed by atoms with Crippen LogP contribution in [0.25, 0.3) is 0 Å². The lowest BCUT2D eigenvalue weighted by molar-refractivity contribution is 0.206. The molecule has 1 fully saturated rings. The number of carbonyl (C=O) groups is 1. The topological polar surface area (TPSA) is 50.2 Å². The van der Waals surface area contributed by atoms with Crippen molar-refractivity contribution in [2.45, 2.75) is 19.4 Å². The highest BCUT2D eigenvalue weighted by atomic mass is 35.5. The Morgan fingerprint density at radius 3 is 3.04 bits per heavy atom. The van der Waals surface area contributed by atoms with Crippen molar-refractivity contribution in [2.24, 2.45) is 13.0 Å². The first-order valence-electron chi connectivity index (χ1n) is 7.85. The predicted octanol–water partition coefficient (Wildman–Crippen LogP) is 2.85. The minimum Gasteiger partial charge on any atom is -0.334 e. The zero-order valence-electron chi connectivity index (χ0n) is 13.2. The first kappa shape index (κ1) is 15.9. The SMILES string of the molecule is Cn1cc(C[C@H]2CCN(C(=O)NCc3cccc(Cl)c3)C2)cn1. The number of nitrogens with one attached hydrogen (secondary N) is 1. The smallest absolute Gasteiger partial charge is 0.317 e. The highest BCUT2D eigenvalue weighted by Gasteiger charge is 2.26. The molecule has 0 bridgehead atoms. The van der Waals surface area contributed by atoms with Crippen LogP contribution in [0.2, 0.25) is 5.02 Å². The zero-order valence-corrected chi connectivity index (χ0v) is 14.0. The summed E-state index contributed by atoms with van der Waals surface area (Å²) in [4.78, 5) is 14.2. The Balaban J connectivity index is 1.47. The molecule has 6 heteroatoms. The molecule has 0 spiro atoms. The number of likely N-dealkylation sites (tertiary alicyclic amines) is 1. The van der Waals surface area contributed by atoms with Crippen molar-refractivity contribution in [3.63, 3.8) is 0 Å². The Morgan fingerprint density at radius 1 is 1.43 bits per heavy atom. The van der Waals surface area contributed by atoms with Gasteiger partial charge in [0.05, 0.1) is 6.20 Å². The van der Waals surface area contributed by atoms with Crippen LogP contribution in [0.1, 0.15) is 17.5 Å². The summed E-state index contributed by atoms with van der Waals surface area (Å²) in [6.45, 7) is 2.12. The molecule has 0 unspecified atom stereocenters. The third kappa shape index (κ3) is 4.26. The molecule has 2 amide bonds. The second kappa shape index (κ2) is 7.04. The number of hydrogen-bond acceptors (Lipinski definition) is 2. The third-order valence-corrected chi connectivity index (χ3v) is 4.42. The van der Waals surface area contributed by atoms with Crippen LogP contribution in [0.4, 0.5) is 4.79 Å². The van der Waals surface area contributed by atoms with Gasteiger partial charge in [0.1, 0.15) is 0 Å². The molecular weight excluding hydrogens is 312 g/mol. The van der Waals surface area contributed by atoms with Gasteiger partial charge in [-0.2, -0.15) is 5.10 Å². The van der Waals surface area contributed by atoms with E-state index in [2.05, 4.69) is 10.4 Å². The molecule has 1 aromatic heterocycles. The van der Waals surface area contributed by atoms with Gasteiger partial charge in [-0.05, 0) is 42.0 Å². The van der Waals surface area contributed by atoms with Crippen LogP contribution in [-0.4, -0.2) is 33.8 Å². The molecule has 1 aliphatic rings. The number of carbonyl (C=O) groups excluding carboxylic acids is 1. The van der Waals surface area contributed by atoms with E-state index in [0.717, 1.165) is 31.5 Å². The molecule has 122 valence electrons. The Kier molecular flexibility index (Phi) is 4.86. The summed E-state index contributed by atoms with van der Waals surface area (Å²) in [5.41, 5.74) is 2.25. The molecule has 1 N–H and O–H groups in total. The van der Waals surface area contributed by atoms with Gasteiger partial charge in [0.15, 0.2) is 0 Å². The van der Waals surface area contributed by atoms with E-state index in [-0.39, 0.29) is 6.03 Å². The van der Waals surface area contributed by atoms with Crippen LogP contribution in [0.5, 0.6) is 0 Å². The van der Waals surface area contributed by atoms with E-state index in [1.807, 2.05) is 53.3 Å². The highest BCUT2D eigenvalue weighted by Crippen LogP contribution is 2.20. The predicted molar refractivity (Wildman–Crippen MR) is 90.3 cm³/mol. The van der Waals surface area contributed by atoms with Crippen LogP contribution in [-0.2, 0) is 20.0 Å². The second-order valence-electron chi connectivity index (χ2n) is 6.12. The lowest BCUT2D eigenvalue weighted by Gasteiger charge is -2.17. The summed E-state index contributed by atoms with van der Waals surface area (Å²) in [6, 6.07) is 7.55. The molecular formula is C17H21ClN4O. The van der Waals surface area contributed by atoms with E-state index in [1.54, 1.807) is 0 Å². The number of aryl methyl sites for hydroxylation is 1. The molecule has 3 rings (SSSR count). The molecule has 1 aromatic carbocycles. The van der Waals surface area contributed by atoms with Crippen molar-refractivity contribution in [1.82, 2.24) is 20.0 Å². The van der Waals surface area contributed by atoms with E-state index in [4.69, 9.17) is 11.6 Å².